The van der Waals surface area contributed by atoms with E-state index in [1.165, 1.54) is 15.7 Å². The van der Waals surface area contributed by atoms with Gasteiger partial charge in [-0.1, -0.05) is 50.1 Å². The van der Waals surface area contributed by atoms with Crippen molar-refractivity contribution in [2.45, 2.75) is 77.5 Å². The predicted octanol–water partition coefficient (Wildman–Crippen LogP) is 5.46. The molecule has 2 heterocycles. The number of hydrogen-bond donors (Lipinski definition) is 0. The van der Waals surface area contributed by atoms with Crippen LogP contribution in [0.5, 0.6) is 5.75 Å². The van der Waals surface area contributed by atoms with E-state index in [9.17, 15) is 13.2 Å². The Morgan fingerprint density at radius 2 is 1.73 bits per heavy atom. The average Bonchev–Trinajstić information content (AvgIpc) is 3.41. The van der Waals surface area contributed by atoms with Gasteiger partial charge in [-0.3, -0.25) is 4.79 Å². The number of sulfonamides is 1. The molecule has 1 aromatic heterocycles. The van der Waals surface area contributed by atoms with Crippen LogP contribution in [0.3, 0.4) is 0 Å². The highest BCUT2D eigenvalue weighted by atomic mass is 32.2. The van der Waals surface area contributed by atoms with Gasteiger partial charge in [-0.15, -0.1) is 0 Å². The van der Waals surface area contributed by atoms with E-state index in [1.807, 2.05) is 49.1 Å². The number of aromatic nitrogens is 1. The molecule has 2 aromatic carbocycles. The summed E-state index contributed by atoms with van der Waals surface area (Å²) in [5, 5.41) is 0. The van der Waals surface area contributed by atoms with Crippen LogP contribution in [-0.2, 0) is 39.2 Å². The molecular weight excluding hydrogens is 588 g/mol. The van der Waals surface area contributed by atoms with Gasteiger partial charge < -0.3 is 23.8 Å². The van der Waals surface area contributed by atoms with Crippen molar-refractivity contribution >= 4 is 15.9 Å². The molecule has 45 heavy (non-hydrogen) atoms. The normalized spacial score (nSPS) is 15.1. The Hall–Kier alpha value is -3.18. The molecule has 0 radical (unpaired) electrons. The molecule has 0 N–H and O–H groups in total. The fourth-order valence-electron chi connectivity index (χ4n) is 6.32. The third-order valence-corrected chi connectivity index (χ3v) is 10.9. The largest absolute Gasteiger partial charge is 0.496 e. The van der Waals surface area contributed by atoms with Crippen LogP contribution in [0.4, 0.5) is 0 Å². The highest BCUT2D eigenvalue weighted by Gasteiger charge is 2.33. The second-order valence-corrected chi connectivity index (χ2v) is 14.1. The van der Waals surface area contributed by atoms with Crippen LogP contribution in [0.2, 0.25) is 0 Å². The van der Waals surface area contributed by atoms with Gasteiger partial charge in [-0.2, -0.15) is 4.31 Å². The number of amides is 1. The van der Waals surface area contributed by atoms with Crippen molar-refractivity contribution in [3.05, 3.63) is 82.2 Å². The minimum atomic E-state index is -3.89. The Morgan fingerprint density at radius 1 is 1.00 bits per heavy atom. The van der Waals surface area contributed by atoms with Gasteiger partial charge in [0.15, 0.2) is 0 Å². The number of aryl methyl sites for hydroxylation is 1. The molecule has 0 aliphatic carbocycles. The number of unbranched alkanes of at least 4 members (excludes halogenated alkanes) is 1. The van der Waals surface area contributed by atoms with Crippen molar-refractivity contribution in [2.24, 2.45) is 0 Å². The number of nitrogens with zero attached hydrogens (tertiary/aromatic N) is 4. The van der Waals surface area contributed by atoms with Gasteiger partial charge in [0.05, 0.1) is 24.7 Å². The fraction of sp³-hybridized carbons (Fsp3) is 0.514. The summed E-state index contributed by atoms with van der Waals surface area (Å²) in [4.78, 5) is 18.0. The molecule has 1 atom stereocenters. The van der Waals surface area contributed by atoms with Crippen LogP contribution in [0, 0.1) is 20.8 Å². The average molecular weight is 639 g/mol. The van der Waals surface area contributed by atoms with Crippen molar-refractivity contribution in [3.8, 4) is 5.75 Å². The SMILES string of the molecule is CCCCC1c2ccc(CN(C)C)n2CCN1C(=O)COCCN(Cc1ccccc1)S(=O)(=O)c1c(C)cc(OC)c(C)c1C. The van der Waals surface area contributed by atoms with E-state index >= 15 is 0 Å². The van der Waals surface area contributed by atoms with Gasteiger partial charge in [0.25, 0.3) is 0 Å². The number of hydrogen-bond acceptors (Lipinski definition) is 6. The maximum Gasteiger partial charge on any atom is 0.249 e. The first kappa shape index (κ1) is 34.7. The van der Waals surface area contributed by atoms with Gasteiger partial charge >= 0.3 is 0 Å². The molecule has 9 nitrogen and oxygen atoms in total. The van der Waals surface area contributed by atoms with E-state index in [2.05, 4.69) is 42.6 Å². The predicted molar refractivity (Wildman–Crippen MR) is 178 cm³/mol. The summed E-state index contributed by atoms with van der Waals surface area (Å²) in [6, 6.07) is 15.7. The smallest absolute Gasteiger partial charge is 0.249 e. The number of ether oxygens (including phenoxy) is 2. The second kappa shape index (κ2) is 15.4. The van der Waals surface area contributed by atoms with E-state index in [4.69, 9.17) is 9.47 Å². The highest BCUT2D eigenvalue weighted by Crippen LogP contribution is 2.34. The van der Waals surface area contributed by atoms with Crippen molar-refractivity contribution in [1.29, 1.82) is 0 Å². The molecule has 1 amide bonds. The van der Waals surface area contributed by atoms with Crippen molar-refractivity contribution < 1.29 is 22.7 Å². The van der Waals surface area contributed by atoms with Crippen molar-refractivity contribution in [1.82, 2.24) is 18.7 Å². The van der Waals surface area contributed by atoms with E-state index < -0.39 is 10.0 Å². The maximum atomic E-state index is 14.2. The lowest BCUT2D eigenvalue weighted by Crippen LogP contribution is -2.44. The quantitative estimate of drug-likeness (QED) is 0.206. The summed E-state index contributed by atoms with van der Waals surface area (Å²) in [6.07, 6.45) is 2.98. The Balaban J connectivity index is 1.49. The van der Waals surface area contributed by atoms with Crippen LogP contribution in [-0.4, -0.2) is 80.5 Å². The number of fused-ring (bicyclic) bond motifs is 1. The monoisotopic (exact) mass is 638 g/mol. The molecular formula is C35H50N4O5S. The molecule has 0 saturated heterocycles. The number of benzene rings is 2. The van der Waals surface area contributed by atoms with Gasteiger partial charge in [0.1, 0.15) is 12.4 Å². The zero-order valence-electron chi connectivity index (χ0n) is 28.0. The van der Waals surface area contributed by atoms with Crippen LogP contribution >= 0.6 is 0 Å². The topological polar surface area (TPSA) is 84.3 Å². The molecule has 3 aromatic rings. The summed E-state index contributed by atoms with van der Waals surface area (Å²) in [5.41, 5.74) is 5.41. The van der Waals surface area contributed by atoms with Gasteiger partial charge in [0, 0.05) is 44.1 Å². The minimum absolute atomic E-state index is 0.00457. The molecule has 0 saturated carbocycles. The van der Waals surface area contributed by atoms with E-state index in [1.54, 1.807) is 20.1 Å². The third kappa shape index (κ3) is 7.98. The Morgan fingerprint density at radius 3 is 2.40 bits per heavy atom. The van der Waals surface area contributed by atoms with Crippen LogP contribution in [0.1, 0.15) is 65.9 Å². The summed E-state index contributed by atoms with van der Waals surface area (Å²) in [5.74, 6) is 0.601. The Bertz CT molecular complexity index is 1550. The van der Waals surface area contributed by atoms with Crippen LogP contribution < -0.4 is 4.74 Å². The molecule has 0 spiro atoms. The molecule has 10 heteroatoms. The molecule has 0 fully saturated rings. The molecule has 1 aliphatic heterocycles. The Labute approximate surface area is 269 Å². The van der Waals surface area contributed by atoms with Crippen LogP contribution in [0.15, 0.2) is 53.4 Å². The lowest BCUT2D eigenvalue weighted by molar-refractivity contribution is -0.140. The molecule has 4 rings (SSSR count). The number of carbonyl (C=O) groups is 1. The van der Waals surface area contributed by atoms with Gasteiger partial charge in [-0.25, -0.2) is 8.42 Å². The number of methoxy groups -OCH3 is 1. The third-order valence-electron chi connectivity index (χ3n) is 8.73. The zero-order chi connectivity index (χ0) is 32.7. The summed E-state index contributed by atoms with van der Waals surface area (Å²) < 4.78 is 43.6. The first-order valence-corrected chi connectivity index (χ1v) is 17.3. The second-order valence-electron chi connectivity index (χ2n) is 12.2. The fourth-order valence-corrected chi connectivity index (χ4v) is 8.21. The minimum Gasteiger partial charge on any atom is -0.496 e. The number of carbonyl (C=O) groups excluding carboxylic acids is 1. The van der Waals surface area contributed by atoms with E-state index in [0.29, 0.717) is 23.4 Å². The standard InChI is InChI=1S/C35H50N4O5S/c1-8-9-15-31-32-17-16-30(24-36(5)6)38(32)18-19-39(31)34(40)25-44-21-20-37(23-29-13-11-10-12-14-29)45(41,42)35-26(2)22-33(43-7)27(3)28(35)4/h10-14,16-17,22,31H,8-9,15,18-21,23-25H2,1-7H3. The summed E-state index contributed by atoms with van der Waals surface area (Å²) >= 11 is 0. The first-order chi connectivity index (χ1) is 21.5. The Kier molecular flexibility index (Phi) is 11.9. The summed E-state index contributed by atoms with van der Waals surface area (Å²) in [6.45, 7) is 10.2. The molecule has 1 aliphatic rings. The van der Waals surface area contributed by atoms with Gasteiger partial charge in [0.2, 0.25) is 15.9 Å². The highest BCUT2D eigenvalue weighted by molar-refractivity contribution is 7.89. The van der Waals surface area contributed by atoms with E-state index in [0.717, 1.165) is 43.5 Å². The zero-order valence-corrected chi connectivity index (χ0v) is 28.8. The van der Waals surface area contributed by atoms with Gasteiger partial charge in [-0.05, 0) is 81.7 Å². The van der Waals surface area contributed by atoms with E-state index in [-0.39, 0.29) is 43.1 Å². The molecule has 1 unspecified atom stereocenters. The lowest BCUT2D eigenvalue weighted by Gasteiger charge is -2.38. The first-order valence-electron chi connectivity index (χ1n) is 15.9. The molecule has 0 bridgehead atoms. The van der Waals surface area contributed by atoms with Crippen molar-refractivity contribution in [3.63, 3.8) is 0 Å². The molecule has 246 valence electrons. The van der Waals surface area contributed by atoms with Crippen molar-refractivity contribution in [2.75, 3.05) is 47.5 Å². The number of rotatable bonds is 15. The summed E-state index contributed by atoms with van der Waals surface area (Å²) in [7, 11) is 1.83. The maximum absolute atomic E-state index is 14.2. The van der Waals surface area contributed by atoms with Crippen LogP contribution in [0.25, 0.3) is 0 Å². The lowest BCUT2D eigenvalue weighted by atomic mass is 10.0.